The molecule has 1 aliphatic heterocycles. The highest BCUT2D eigenvalue weighted by Gasteiger charge is 2.45. The highest BCUT2D eigenvalue weighted by atomic mass is 16.7. The van der Waals surface area contributed by atoms with Gasteiger partial charge in [0.1, 0.15) is 18.3 Å². The Labute approximate surface area is 121 Å². The summed E-state index contributed by atoms with van der Waals surface area (Å²) in [7, 11) is 0. The number of aliphatic hydroxyl groups is 3. The van der Waals surface area contributed by atoms with E-state index in [1.54, 1.807) is 0 Å². The molecule has 0 aromatic carbocycles. The largest absolute Gasteiger partial charge is 0.394 e. The van der Waals surface area contributed by atoms with E-state index in [9.17, 15) is 15.3 Å². The van der Waals surface area contributed by atoms with Gasteiger partial charge in [0.2, 0.25) is 0 Å². The molecule has 0 saturated carbocycles. The Hall–Kier alpha value is -0.240. The van der Waals surface area contributed by atoms with Crippen LogP contribution in [-0.2, 0) is 9.47 Å². The maximum absolute atomic E-state index is 10.3. The zero-order chi connectivity index (χ0) is 15.3. The predicted octanol–water partition coefficient (Wildman–Crippen LogP) is -0.145. The molecule has 6 atom stereocenters. The van der Waals surface area contributed by atoms with Crippen LogP contribution in [0, 0.1) is 5.92 Å². The number of hydrogen-bond donors (Lipinski definition) is 4. The van der Waals surface area contributed by atoms with Crippen LogP contribution in [0.3, 0.4) is 0 Å². The third kappa shape index (κ3) is 4.65. The van der Waals surface area contributed by atoms with E-state index in [1.165, 1.54) is 0 Å². The molecule has 0 spiro atoms. The average Bonchev–Trinajstić information content (AvgIpc) is 2.42. The van der Waals surface area contributed by atoms with Crippen LogP contribution in [0.25, 0.3) is 0 Å². The smallest absolute Gasteiger partial charge is 0.185 e. The van der Waals surface area contributed by atoms with E-state index in [4.69, 9.17) is 9.47 Å². The van der Waals surface area contributed by atoms with Gasteiger partial charge in [0.25, 0.3) is 0 Å². The highest BCUT2D eigenvalue weighted by Crippen LogP contribution is 2.23. The van der Waals surface area contributed by atoms with Gasteiger partial charge in [-0.05, 0) is 19.3 Å². The first kappa shape index (κ1) is 17.8. The summed E-state index contributed by atoms with van der Waals surface area (Å²) in [5.74, 6) is 0.311. The van der Waals surface area contributed by atoms with Gasteiger partial charge in [0, 0.05) is 6.04 Å². The van der Waals surface area contributed by atoms with Gasteiger partial charge in [-0.2, -0.15) is 0 Å². The summed E-state index contributed by atoms with van der Waals surface area (Å²) >= 11 is 0. The van der Waals surface area contributed by atoms with Crippen molar-refractivity contribution in [2.75, 3.05) is 13.2 Å². The van der Waals surface area contributed by atoms with E-state index in [0.717, 1.165) is 6.42 Å². The summed E-state index contributed by atoms with van der Waals surface area (Å²) in [5.41, 5.74) is 0. The van der Waals surface area contributed by atoms with Crippen LogP contribution in [0.4, 0.5) is 0 Å². The maximum atomic E-state index is 10.3. The van der Waals surface area contributed by atoms with Crippen LogP contribution in [0.5, 0.6) is 0 Å². The maximum Gasteiger partial charge on any atom is 0.185 e. The Kier molecular flexibility index (Phi) is 7.36. The SMILES string of the molecule is CCC(C)N[C@H]1[C@@H](O)[C@@H](OCC(C)C)O[C@H](CO)[C@H]1O. The monoisotopic (exact) mass is 291 g/mol. The third-order valence-corrected chi connectivity index (χ3v) is 3.57. The fraction of sp³-hybridized carbons (Fsp3) is 1.00. The second-order valence-electron chi connectivity index (χ2n) is 5.94. The number of aliphatic hydroxyl groups excluding tert-OH is 3. The molecule has 6 nitrogen and oxygen atoms in total. The Morgan fingerprint density at radius 1 is 1.20 bits per heavy atom. The molecule has 1 fully saturated rings. The summed E-state index contributed by atoms with van der Waals surface area (Å²) in [6.07, 6.45) is -2.65. The molecule has 0 aliphatic carbocycles. The number of nitrogens with one attached hydrogen (secondary N) is 1. The lowest BCUT2D eigenvalue weighted by Crippen LogP contribution is -2.65. The van der Waals surface area contributed by atoms with Crippen LogP contribution >= 0.6 is 0 Å². The molecule has 120 valence electrons. The minimum atomic E-state index is -0.972. The zero-order valence-corrected chi connectivity index (χ0v) is 12.8. The van der Waals surface area contributed by atoms with Crippen LogP contribution in [0.15, 0.2) is 0 Å². The molecule has 20 heavy (non-hydrogen) atoms. The average molecular weight is 291 g/mol. The van der Waals surface area contributed by atoms with E-state index in [-0.39, 0.29) is 12.6 Å². The van der Waals surface area contributed by atoms with Gasteiger partial charge in [-0.3, -0.25) is 0 Å². The molecular formula is C14H29NO5. The number of hydrogen-bond acceptors (Lipinski definition) is 6. The summed E-state index contributed by atoms with van der Waals surface area (Å²) in [4.78, 5) is 0. The van der Waals surface area contributed by atoms with Gasteiger partial charge in [0.05, 0.1) is 19.3 Å². The summed E-state index contributed by atoms with van der Waals surface area (Å²) in [6.45, 7) is 8.14. The fourth-order valence-corrected chi connectivity index (χ4v) is 2.16. The molecule has 1 aliphatic rings. The summed E-state index contributed by atoms with van der Waals surface area (Å²) in [5, 5.41) is 33.0. The van der Waals surface area contributed by atoms with Crippen molar-refractivity contribution in [3.8, 4) is 0 Å². The van der Waals surface area contributed by atoms with Crippen molar-refractivity contribution in [3.05, 3.63) is 0 Å². The molecule has 1 heterocycles. The van der Waals surface area contributed by atoms with Crippen LogP contribution in [0.1, 0.15) is 34.1 Å². The van der Waals surface area contributed by atoms with E-state index in [0.29, 0.717) is 12.5 Å². The highest BCUT2D eigenvalue weighted by molar-refractivity contribution is 4.95. The molecule has 0 radical (unpaired) electrons. The van der Waals surface area contributed by atoms with E-state index >= 15 is 0 Å². The second kappa shape index (κ2) is 8.26. The van der Waals surface area contributed by atoms with Crippen molar-refractivity contribution in [1.29, 1.82) is 0 Å². The van der Waals surface area contributed by atoms with Crippen molar-refractivity contribution in [2.45, 2.75) is 70.8 Å². The Balaban J connectivity index is 2.73. The quantitative estimate of drug-likeness (QED) is 0.522. The van der Waals surface area contributed by atoms with E-state index in [1.807, 2.05) is 27.7 Å². The van der Waals surface area contributed by atoms with E-state index < -0.39 is 30.6 Å². The second-order valence-corrected chi connectivity index (χ2v) is 5.94. The van der Waals surface area contributed by atoms with Gasteiger partial charge in [-0.15, -0.1) is 0 Å². The number of rotatable bonds is 7. The summed E-state index contributed by atoms with van der Waals surface area (Å²) in [6, 6.07) is -0.430. The molecule has 4 N–H and O–H groups in total. The van der Waals surface area contributed by atoms with Crippen LogP contribution < -0.4 is 5.32 Å². The first-order valence-corrected chi connectivity index (χ1v) is 7.40. The van der Waals surface area contributed by atoms with Gasteiger partial charge >= 0.3 is 0 Å². The van der Waals surface area contributed by atoms with Crippen molar-refractivity contribution < 1.29 is 24.8 Å². The molecule has 6 heteroatoms. The van der Waals surface area contributed by atoms with Gasteiger partial charge in [-0.1, -0.05) is 20.8 Å². The summed E-state index contributed by atoms with van der Waals surface area (Å²) < 4.78 is 11.0. The molecule has 0 bridgehead atoms. The first-order chi connectivity index (χ1) is 9.40. The lowest BCUT2D eigenvalue weighted by atomic mass is 9.95. The lowest BCUT2D eigenvalue weighted by molar-refractivity contribution is -0.282. The van der Waals surface area contributed by atoms with Gasteiger partial charge < -0.3 is 30.1 Å². The van der Waals surface area contributed by atoms with Crippen LogP contribution in [-0.4, -0.2) is 65.2 Å². The minimum absolute atomic E-state index is 0.146. The molecule has 0 aromatic heterocycles. The Morgan fingerprint density at radius 2 is 1.85 bits per heavy atom. The molecule has 1 unspecified atom stereocenters. The van der Waals surface area contributed by atoms with Gasteiger partial charge in [0.15, 0.2) is 6.29 Å². The van der Waals surface area contributed by atoms with E-state index in [2.05, 4.69) is 5.32 Å². The minimum Gasteiger partial charge on any atom is -0.394 e. The molecule has 0 amide bonds. The first-order valence-electron chi connectivity index (χ1n) is 7.40. The molecular weight excluding hydrogens is 262 g/mol. The van der Waals surface area contributed by atoms with Crippen molar-refractivity contribution in [3.63, 3.8) is 0 Å². The fourth-order valence-electron chi connectivity index (χ4n) is 2.16. The van der Waals surface area contributed by atoms with Crippen molar-refractivity contribution >= 4 is 0 Å². The zero-order valence-electron chi connectivity index (χ0n) is 12.8. The number of ether oxygens (including phenoxy) is 2. The predicted molar refractivity (Wildman–Crippen MR) is 75.2 cm³/mol. The third-order valence-electron chi connectivity index (χ3n) is 3.57. The molecule has 1 rings (SSSR count). The van der Waals surface area contributed by atoms with Gasteiger partial charge in [-0.25, -0.2) is 0 Å². The topological polar surface area (TPSA) is 91.2 Å². The molecule has 0 aromatic rings. The Bertz CT molecular complexity index is 276. The molecule has 1 saturated heterocycles. The normalized spacial score (nSPS) is 36.3. The van der Waals surface area contributed by atoms with Crippen molar-refractivity contribution in [2.24, 2.45) is 5.92 Å². The van der Waals surface area contributed by atoms with Crippen LogP contribution in [0.2, 0.25) is 0 Å². The standard InChI is InChI=1S/C14H29NO5/c1-5-9(4)15-11-12(17)10(6-16)20-14(13(11)18)19-7-8(2)3/h8-18H,5-7H2,1-4H3/t9?,10-,11-,12-,13-,14+/m1/s1. The lowest BCUT2D eigenvalue weighted by Gasteiger charge is -2.43. The Morgan fingerprint density at radius 3 is 2.35 bits per heavy atom. The van der Waals surface area contributed by atoms with Crippen molar-refractivity contribution in [1.82, 2.24) is 5.32 Å².